The van der Waals surface area contributed by atoms with E-state index in [4.69, 9.17) is 5.73 Å². The summed E-state index contributed by atoms with van der Waals surface area (Å²) in [6, 6.07) is 0.527. The molecule has 0 aromatic rings. The predicted octanol–water partition coefficient (Wildman–Crippen LogP) is 3.92. The number of halogens is 1. The van der Waals surface area contributed by atoms with Gasteiger partial charge in [-0.1, -0.05) is 39.5 Å². The normalized spacial score (nSPS) is 21.2. The van der Waals surface area contributed by atoms with Crippen molar-refractivity contribution >= 4 is 18.2 Å². The van der Waals surface area contributed by atoms with Gasteiger partial charge in [0.2, 0.25) is 0 Å². The van der Waals surface area contributed by atoms with E-state index in [0.717, 1.165) is 18.2 Å². The van der Waals surface area contributed by atoms with E-state index in [0.29, 0.717) is 6.04 Å². The maximum absolute atomic E-state index is 5.83. The molecule has 0 bridgehead atoms. The van der Waals surface area contributed by atoms with Crippen molar-refractivity contribution in [3.63, 3.8) is 0 Å². The second-order valence-electron chi connectivity index (χ2n) is 5.20. The van der Waals surface area contributed by atoms with Crippen molar-refractivity contribution in [3.8, 4) is 0 Å². The molecule has 0 amide bonds. The number of aliphatic imine (C=N–C) groups is 1. The van der Waals surface area contributed by atoms with Crippen LogP contribution in [0.1, 0.15) is 65.2 Å². The van der Waals surface area contributed by atoms with E-state index in [1.165, 1.54) is 44.9 Å². The SMILES string of the molecule is CC(C)CCCCC1CCCCC(N)=N1.Cl. The summed E-state index contributed by atoms with van der Waals surface area (Å²) >= 11 is 0. The Morgan fingerprint density at radius 3 is 2.75 bits per heavy atom. The molecule has 1 aliphatic rings. The largest absolute Gasteiger partial charge is 0.387 e. The van der Waals surface area contributed by atoms with Gasteiger partial charge in [-0.15, -0.1) is 12.4 Å². The maximum Gasteiger partial charge on any atom is 0.0940 e. The number of rotatable bonds is 5. The smallest absolute Gasteiger partial charge is 0.0940 e. The molecule has 16 heavy (non-hydrogen) atoms. The van der Waals surface area contributed by atoms with Gasteiger partial charge >= 0.3 is 0 Å². The molecule has 96 valence electrons. The monoisotopic (exact) mass is 246 g/mol. The maximum atomic E-state index is 5.83. The summed E-state index contributed by atoms with van der Waals surface area (Å²) in [7, 11) is 0. The van der Waals surface area contributed by atoms with E-state index in [2.05, 4.69) is 18.8 Å². The van der Waals surface area contributed by atoms with Crippen LogP contribution in [-0.4, -0.2) is 11.9 Å². The summed E-state index contributed by atoms with van der Waals surface area (Å²) < 4.78 is 0. The van der Waals surface area contributed by atoms with Gasteiger partial charge in [0.1, 0.15) is 0 Å². The number of unbranched alkanes of at least 4 members (excludes halogenated alkanes) is 1. The number of hydrogen-bond acceptors (Lipinski definition) is 2. The predicted molar refractivity (Wildman–Crippen MR) is 74.4 cm³/mol. The molecule has 1 unspecified atom stereocenters. The zero-order valence-corrected chi connectivity index (χ0v) is 11.6. The molecule has 0 fully saturated rings. The second kappa shape index (κ2) is 8.86. The minimum atomic E-state index is 0. The summed E-state index contributed by atoms with van der Waals surface area (Å²) in [5.41, 5.74) is 5.83. The highest BCUT2D eigenvalue weighted by molar-refractivity contribution is 5.85. The first-order chi connectivity index (χ1) is 7.18. The Labute approximate surface area is 107 Å². The van der Waals surface area contributed by atoms with Gasteiger partial charge in [-0.25, -0.2) is 0 Å². The number of nitrogens with two attached hydrogens (primary N) is 1. The molecular formula is C13H27ClN2. The third-order valence-electron chi connectivity index (χ3n) is 3.14. The van der Waals surface area contributed by atoms with Crippen LogP contribution in [0.2, 0.25) is 0 Å². The first-order valence-electron chi connectivity index (χ1n) is 6.50. The molecule has 0 aliphatic carbocycles. The Hall–Kier alpha value is -0.240. The lowest BCUT2D eigenvalue weighted by Gasteiger charge is -2.11. The van der Waals surface area contributed by atoms with Crippen molar-refractivity contribution in [2.45, 2.75) is 71.3 Å². The summed E-state index contributed by atoms with van der Waals surface area (Å²) in [6.07, 6.45) is 10.1. The second-order valence-corrected chi connectivity index (χ2v) is 5.20. The van der Waals surface area contributed by atoms with Crippen molar-refractivity contribution in [3.05, 3.63) is 0 Å². The van der Waals surface area contributed by atoms with Crippen LogP contribution in [0.3, 0.4) is 0 Å². The molecule has 3 heteroatoms. The van der Waals surface area contributed by atoms with Gasteiger partial charge in [-0.3, -0.25) is 4.99 Å². The van der Waals surface area contributed by atoms with Crippen molar-refractivity contribution in [1.29, 1.82) is 0 Å². The summed E-state index contributed by atoms with van der Waals surface area (Å²) in [6.45, 7) is 4.59. The van der Waals surface area contributed by atoms with Crippen LogP contribution < -0.4 is 5.73 Å². The van der Waals surface area contributed by atoms with E-state index in [1.54, 1.807) is 0 Å². The Balaban J connectivity index is 0.00000225. The van der Waals surface area contributed by atoms with E-state index < -0.39 is 0 Å². The van der Waals surface area contributed by atoms with E-state index >= 15 is 0 Å². The van der Waals surface area contributed by atoms with E-state index in [9.17, 15) is 0 Å². The van der Waals surface area contributed by atoms with Crippen LogP contribution in [0.4, 0.5) is 0 Å². The fourth-order valence-electron chi connectivity index (χ4n) is 2.19. The third-order valence-corrected chi connectivity index (χ3v) is 3.14. The molecule has 1 atom stereocenters. The molecule has 1 aliphatic heterocycles. The number of nitrogens with zero attached hydrogens (tertiary/aromatic N) is 1. The number of amidine groups is 1. The van der Waals surface area contributed by atoms with Gasteiger partial charge in [0, 0.05) is 6.42 Å². The van der Waals surface area contributed by atoms with Gasteiger partial charge < -0.3 is 5.73 Å². The fraction of sp³-hybridized carbons (Fsp3) is 0.923. The highest BCUT2D eigenvalue weighted by Crippen LogP contribution is 2.18. The van der Waals surface area contributed by atoms with Crippen molar-refractivity contribution < 1.29 is 0 Å². The van der Waals surface area contributed by atoms with Crippen LogP contribution in [0.25, 0.3) is 0 Å². The van der Waals surface area contributed by atoms with Gasteiger partial charge in [-0.2, -0.15) is 0 Å². The zero-order chi connectivity index (χ0) is 11.1. The summed E-state index contributed by atoms with van der Waals surface area (Å²) in [4.78, 5) is 4.59. The van der Waals surface area contributed by atoms with Crippen LogP contribution in [-0.2, 0) is 0 Å². The van der Waals surface area contributed by atoms with Crippen molar-refractivity contribution in [2.75, 3.05) is 0 Å². The lowest BCUT2D eigenvalue weighted by atomic mass is 10.0. The van der Waals surface area contributed by atoms with Crippen LogP contribution in [0, 0.1) is 5.92 Å². The van der Waals surface area contributed by atoms with Crippen molar-refractivity contribution in [2.24, 2.45) is 16.6 Å². The molecule has 0 spiro atoms. The van der Waals surface area contributed by atoms with Gasteiger partial charge in [-0.05, 0) is 25.2 Å². The third kappa shape index (κ3) is 7.10. The fourth-order valence-corrected chi connectivity index (χ4v) is 2.19. The average molecular weight is 247 g/mol. The Morgan fingerprint density at radius 2 is 2.06 bits per heavy atom. The molecule has 2 nitrogen and oxygen atoms in total. The molecule has 1 rings (SSSR count). The molecular weight excluding hydrogens is 220 g/mol. The number of hydrogen-bond donors (Lipinski definition) is 1. The van der Waals surface area contributed by atoms with Gasteiger partial charge in [0.05, 0.1) is 11.9 Å². The summed E-state index contributed by atoms with van der Waals surface area (Å²) in [5, 5.41) is 0. The molecule has 0 saturated carbocycles. The molecule has 0 aromatic carbocycles. The molecule has 0 aromatic heterocycles. The molecule has 2 N–H and O–H groups in total. The Morgan fingerprint density at radius 1 is 1.31 bits per heavy atom. The highest BCUT2D eigenvalue weighted by Gasteiger charge is 2.11. The first kappa shape index (κ1) is 15.8. The van der Waals surface area contributed by atoms with Crippen LogP contribution in [0.15, 0.2) is 4.99 Å². The zero-order valence-electron chi connectivity index (χ0n) is 10.7. The van der Waals surface area contributed by atoms with Gasteiger partial charge in [0.15, 0.2) is 0 Å². The highest BCUT2D eigenvalue weighted by atomic mass is 35.5. The average Bonchev–Trinajstić information content (AvgIpc) is 2.37. The molecule has 0 saturated heterocycles. The topological polar surface area (TPSA) is 38.4 Å². The van der Waals surface area contributed by atoms with Crippen LogP contribution in [0.5, 0.6) is 0 Å². The minimum absolute atomic E-state index is 0. The summed E-state index contributed by atoms with van der Waals surface area (Å²) in [5.74, 6) is 1.73. The Kier molecular flexibility index (Phi) is 8.73. The quantitative estimate of drug-likeness (QED) is 0.734. The molecule has 0 radical (unpaired) electrons. The molecule has 1 heterocycles. The standard InChI is InChI=1S/C13H26N2.ClH/c1-11(2)7-3-4-8-12-9-5-6-10-13(14)15-12;/h11-12H,3-10H2,1-2H3,(H2,14,15);1H. The van der Waals surface area contributed by atoms with E-state index in [-0.39, 0.29) is 12.4 Å². The minimum Gasteiger partial charge on any atom is -0.387 e. The lowest BCUT2D eigenvalue weighted by Crippen LogP contribution is -2.13. The van der Waals surface area contributed by atoms with Crippen LogP contribution >= 0.6 is 12.4 Å². The van der Waals surface area contributed by atoms with Crippen molar-refractivity contribution in [1.82, 2.24) is 0 Å². The first-order valence-corrected chi connectivity index (χ1v) is 6.50. The lowest BCUT2D eigenvalue weighted by molar-refractivity contribution is 0.482. The van der Waals surface area contributed by atoms with Gasteiger partial charge in [0.25, 0.3) is 0 Å². The Bertz CT molecular complexity index is 202. The van der Waals surface area contributed by atoms with E-state index in [1.807, 2.05) is 0 Å².